The van der Waals surface area contributed by atoms with Gasteiger partial charge in [0, 0.05) is 73.9 Å². The first-order valence-corrected chi connectivity index (χ1v) is 47.8. The van der Waals surface area contributed by atoms with E-state index in [0.29, 0.717) is 68.1 Å². The van der Waals surface area contributed by atoms with Crippen LogP contribution in [0.3, 0.4) is 0 Å². The van der Waals surface area contributed by atoms with E-state index in [0.717, 1.165) is 135 Å². The number of fused-ring (bicyclic) bond motifs is 4. The Balaban J connectivity index is 0.000000157. The molecule has 0 amide bonds. The fourth-order valence-electron chi connectivity index (χ4n) is 14.9. The topological polar surface area (TPSA) is 277 Å². The van der Waals surface area contributed by atoms with Crippen molar-refractivity contribution in [1.82, 2.24) is 24.0 Å². The molecule has 19 nitrogen and oxygen atoms in total. The third kappa shape index (κ3) is 28.5. The number of halogens is 5. The van der Waals surface area contributed by atoms with Crippen LogP contribution in [0.1, 0.15) is 91.6 Å². The van der Waals surface area contributed by atoms with E-state index >= 15 is 0 Å². The SMILES string of the molecule is Cc1ccc(-c2[nH]c3ccc(C)cc3c2C#N)cc1.Cc1ccc(-c2c(C#N)c3cc(C)ccc3n2Cc2ccc(OCCCl)cc2)cc1.Cc1ccc(-c2cc3cc(C)ccc3[nH]2)cc1.ClCCOc1ccc(CBr)cc1.N#Cc1c(-c2ccc(O)cc2)n(Cc2ccc(OCCN3CCCCC3)cc2)c2ccc(O)cc12.O=C=NS(=O)(=O)Cl.OCc1ccc(OCCCl)cc1. The third-order valence-electron chi connectivity index (χ3n) is 21.5. The highest BCUT2D eigenvalue weighted by molar-refractivity contribution is 9.08. The standard InChI is InChI=1S/C29H29N3O3.C26H23ClN2O.C17H14N2.C16H15N.C9H10BrClO.C9H11ClO2.CClNO3S/c30-19-27-26-18-24(34)10-13-28(26)32(29(27)22-6-8-23(33)9-7-22)20-21-4-11-25(12-5-21)35-17-16-31-14-2-1-3-15-31;1-18-3-8-21(9-4-18)26-24(16-28)23-15-19(2)5-12-25(23)29(26)17-20-6-10-22(11-7-20)30-14-13-27;1-11-3-6-13(7-4-11)17-15(10-18)14-9-12(2)5-8-16(14)19-17;1-11-3-6-13(7-4-11)16-10-14-9-12(2)5-8-15(14)17-16;10-7-8-1-3-9(4-2-8)12-6-5-11;10-5-6-12-9-3-1-8(7-11)2-4-9;2-7(5,6)3-1-4/h4-13,18,33-34H,1-3,14-17,20H2;3-12,15H,13-14,17H2,1-2H3;3-9,19H,1-2H3;3-10,17H,1-2H3;1-4H,5-7H2;1-4,11H,5-7H2;. The molecule has 12 aromatic carbocycles. The number of nitrogens with zero attached hydrogens (tertiary/aromatic N) is 7. The van der Waals surface area contributed by atoms with Crippen molar-refractivity contribution in [3.8, 4) is 97.7 Å². The minimum absolute atomic E-state index is 0.0653. The zero-order valence-corrected chi connectivity index (χ0v) is 79.6. The zero-order valence-electron chi connectivity index (χ0n) is 74.1. The van der Waals surface area contributed by atoms with Crippen molar-refractivity contribution >= 4 is 120 Å². The van der Waals surface area contributed by atoms with Crippen LogP contribution in [0.2, 0.25) is 0 Å². The Morgan fingerprint density at radius 2 is 0.818 bits per heavy atom. The van der Waals surface area contributed by atoms with E-state index in [1.807, 2.05) is 104 Å². The van der Waals surface area contributed by atoms with Crippen molar-refractivity contribution in [3.63, 3.8) is 0 Å². The van der Waals surface area contributed by atoms with Crippen LogP contribution in [0.25, 0.3) is 88.6 Å². The molecule has 25 heteroatoms. The summed E-state index contributed by atoms with van der Waals surface area (Å²) in [6.45, 7) is 19.3. The van der Waals surface area contributed by atoms with Gasteiger partial charge in [0.2, 0.25) is 0 Å². The molecule has 0 saturated carbocycles. The predicted molar refractivity (Wildman–Crippen MR) is 538 cm³/mol. The Morgan fingerprint density at radius 1 is 0.424 bits per heavy atom. The van der Waals surface area contributed by atoms with Gasteiger partial charge in [0.1, 0.15) is 79.1 Å². The monoisotopic (exact) mass is 1920 g/mol. The lowest BCUT2D eigenvalue weighted by atomic mass is 10.0. The Labute approximate surface area is 798 Å². The number of hydrogen-bond acceptors (Lipinski definition) is 14. The van der Waals surface area contributed by atoms with Crippen molar-refractivity contribution < 1.29 is 47.5 Å². The van der Waals surface area contributed by atoms with E-state index in [4.69, 9.17) is 63.7 Å². The first-order valence-electron chi connectivity index (χ1n) is 42.8. The molecule has 16 aromatic rings. The number of piperidine rings is 1. The Morgan fingerprint density at radius 3 is 1.27 bits per heavy atom. The number of H-pyrrole nitrogens is 2. The van der Waals surface area contributed by atoms with Crippen molar-refractivity contribution in [3.05, 3.63) is 345 Å². The quantitative estimate of drug-likeness (QED) is 0.0163. The molecule has 0 atom stereocenters. The van der Waals surface area contributed by atoms with Crippen LogP contribution in [-0.2, 0) is 39.1 Å². The number of aromatic amines is 2. The van der Waals surface area contributed by atoms with Gasteiger partial charge in [0.05, 0.1) is 69.1 Å². The first-order chi connectivity index (χ1) is 63.9. The summed E-state index contributed by atoms with van der Waals surface area (Å²) in [6, 6.07) is 96.8. The highest BCUT2D eigenvalue weighted by atomic mass is 79.9. The number of likely N-dealkylation sites (tertiary alicyclic amines) is 1. The molecule has 1 aliphatic rings. The number of aliphatic hydroxyl groups excluding tert-OH is 1. The Kier molecular flexibility index (Phi) is 37.6. The minimum Gasteiger partial charge on any atom is -0.508 e. The van der Waals surface area contributed by atoms with Gasteiger partial charge in [-0.2, -0.15) is 24.2 Å². The number of hydrogen-bond donors (Lipinski definition) is 5. The molecule has 0 radical (unpaired) electrons. The van der Waals surface area contributed by atoms with Crippen LogP contribution in [0.5, 0.6) is 34.5 Å². The summed E-state index contributed by atoms with van der Waals surface area (Å²) in [5.74, 6) is 5.09. The summed E-state index contributed by atoms with van der Waals surface area (Å²) in [5, 5.41) is 62.9. The van der Waals surface area contributed by atoms with Gasteiger partial charge in [-0.05, 0) is 245 Å². The molecule has 1 aliphatic heterocycles. The van der Waals surface area contributed by atoms with Crippen LogP contribution in [-0.4, -0.2) is 118 Å². The molecule has 1 saturated heterocycles. The van der Waals surface area contributed by atoms with Gasteiger partial charge in [0.15, 0.2) is 0 Å². The lowest BCUT2D eigenvalue weighted by Crippen LogP contribution is -2.33. The second-order valence-corrected chi connectivity index (χ2v) is 35.2. The fourth-order valence-corrected chi connectivity index (χ4v) is 15.7. The van der Waals surface area contributed by atoms with Crippen molar-refractivity contribution in [2.45, 2.75) is 85.8 Å². The van der Waals surface area contributed by atoms with Crippen LogP contribution in [0.15, 0.2) is 277 Å². The number of benzene rings is 12. The molecule has 17 rings (SSSR count). The number of isocyanates is 1. The van der Waals surface area contributed by atoms with Gasteiger partial charge in [0.25, 0.3) is 6.08 Å². The average molecular weight is 1930 g/mol. The number of nitrogens with one attached hydrogen (secondary N) is 2. The number of ether oxygens (including phenoxy) is 4. The number of phenolic OH excluding ortho intramolecular Hbond substituents is 2. The fraction of sp³-hybridized carbons (Fsp3) is 0.215. The first kappa shape index (κ1) is 99.5. The van der Waals surface area contributed by atoms with Crippen molar-refractivity contribution in [2.75, 3.05) is 63.7 Å². The number of aliphatic hydroxyl groups is 1. The van der Waals surface area contributed by atoms with Gasteiger partial charge in [-0.1, -0.05) is 200 Å². The van der Waals surface area contributed by atoms with Gasteiger partial charge in [-0.15, -0.1) is 34.8 Å². The molecule has 0 bridgehead atoms. The van der Waals surface area contributed by atoms with Gasteiger partial charge in [-0.3, -0.25) is 4.90 Å². The molecule has 4 aromatic heterocycles. The van der Waals surface area contributed by atoms with Gasteiger partial charge >= 0.3 is 9.24 Å². The van der Waals surface area contributed by atoms with E-state index in [9.17, 15) is 34.4 Å². The highest BCUT2D eigenvalue weighted by Gasteiger charge is 2.23. The normalized spacial score (nSPS) is 11.5. The maximum Gasteiger partial charge on any atom is 0.350 e. The Bertz CT molecular complexity index is 6730. The molecule has 132 heavy (non-hydrogen) atoms. The molecule has 1 fully saturated rings. The molecule has 0 unspecified atom stereocenters. The number of nitriles is 3. The number of aromatic nitrogens is 4. The second kappa shape index (κ2) is 49.8. The third-order valence-corrected chi connectivity index (χ3v) is 23.1. The summed E-state index contributed by atoms with van der Waals surface area (Å²) < 4.78 is 47.8. The number of phenols is 2. The van der Waals surface area contributed by atoms with Crippen LogP contribution in [0.4, 0.5) is 0 Å². The van der Waals surface area contributed by atoms with E-state index in [1.165, 1.54) is 87.9 Å². The summed E-state index contributed by atoms with van der Waals surface area (Å²) in [4.78, 5) is 18.3. The minimum atomic E-state index is -4.00. The number of carbonyl (C=O) groups excluding carboxylic acids is 1. The lowest BCUT2D eigenvalue weighted by molar-refractivity contribution is 0.183. The second-order valence-electron chi connectivity index (χ2n) is 31.3. The molecular weight excluding hydrogens is 1830 g/mol. The lowest BCUT2D eigenvalue weighted by Gasteiger charge is -2.26. The Hall–Kier alpha value is -13.0. The van der Waals surface area contributed by atoms with Crippen LogP contribution >= 0.6 is 61.4 Å². The van der Waals surface area contributed by atoms with E-state index < -0.39 is 9.24 Å². The largest absolute Gasteiger partial charge is 0.508 e. The maximum absolute atomic E-state index is 10.1. The summed E-state index contributed by atoms with van der Waals surface area (Å²) in [6.07, 6.45) is 4.66. The van der Waals surface area contributed by atoms with E-state index in [-0.39, 0.29) is 18.1 Å². The van der Waals surface area contributed by atoms with Gasteiger partial charge in [-0.25, -0.2) is 4.79 Å². The number of rotatable bonds is 24. The van der Waals surface area contributed by atoms with Gasteiger partial charge < -0.3 is 53.4 Å². The molecular formula is C107H102BrCl4N9O10S. The van der Waals surface area contributed by atoms with Crippen molar-refractivity contribution in [1.29, 1.82) is 15.8 Å². The summed E-state index contributed by atoms with van der Waals surface area (Å²) >= 11 is 20.0. The van der Waals surface area contributed by atoms with Crippen LogP contribution in [0, 0.1) is 75.5 Å². The molecule has 0 spiro atoms. The number of aromatic hydroxyl groups is 2. The van der Waals surface area contributed by atoms with E-state index in [2.05, 4.69) is 247 Å². The average Bonchev–Trinajstić information content (AvgIpc) is 1.61. The predicted octanol–water partition coefficient (Wildman–Crippen LogP) is 25.5. The smallest absolute Gasteiger partial charge is 0.350 e. The van der Waals surface area contributed by atoms with E-state index in [1.54, 1.807) is 36.4 Å². The van der Waals surface area contributed by atoms with Crippen molar-refractivity contribution in [2.24, 2.45) is 4.40 Å². The van der Waals surface area contributed by atoms with Crippen LogP contribution < -0.4 is 18.9 Å². The highest BCUT2D eigenvalue weighted by Crippen LogP contribution is 2.39. The number of alkyl halides is 4. The molecule has 5 N–H and O–H groups in total. The summed E-state index contributed by atoms with van der Waals surface area (Å²) in [7, 11) is 0.376. The number of aryl methyl sites for hydroxylation is 6. The maximum atomic E-state index is 10.1. The summed E-state index contributed by atoms with van der Waals surface area (Å²) in [5.41, 5.74) is 25.7. The zero-order chi connectivity index (χ0) is 94.1. The molecule has 676 valence electrons. The molecule has 0 aliphatic carbocycles. The molecule has 5 heterocycles.